The third-order valence-corrected chi connectivity index (χ3v) is 6.57. The lowest BCUT2D eigenvalue weighted by Gasteiger charge is -2.16. The lowest BCUT2D eigenvalue weighted by molar-refractivity contribution is 0.0911. The van der Waals surface area contributed by atoms with Gasteiger partial charge in [0, 0.05) is 42.3 Å². The van der Waals surface area contributed by atoms with Crippen molar-refractivity contribution < 1.29 is 19.4 Å². The highest BCUT2D eigenvalue weighted by Gasteiger charge is 2.23. The minimum Gasteiger partial charge on any atom is -0.497 e. The van der Waals surface area contributed by atoms with E-state index in [-0.39, 0.29) is 24.1 Å². The number of benzene rings is 2. The van der Waals surface area contributed by atoms with Crippen molar-refractivity contribution in [1.29, 1.82) is 0 Å². The molecular weight excluding hydrogens is 454 g/mol. The second-order valence-corrected chi connectivity index (χ2v) is 8.66. The number of carbonyl (C=O) groups excluding carboxylic acids is 2. The summed E-state index contributed by atoms with van der Waals surface area (Å²) < 4.78 is 8.72. The van der Waals surface area contributed by atoms with Gasteiger partial charge in [-0.2, -0.15) is 0 Å². The number of hydrogen-bond acceptors (Lipinski definition) is 7. The number of aliphatic hydroxyl groups is 1. The summed E-state index contributed by atoms with van der Waals surface area (Å²) in [5, 5.41) is 22.4. The first-order chi connectivity index (χ1) is 16.4. The minimum absolute atomic E-state index is 0.0159. The molecule has 1 amide bonds. The van der Waals surface area contributed by atoms with Crippen molar-refractivity contribution >= 4 is 34.4 Å². The van der Waals surface area contributed by atoms with E-state index in [0.29, 0.717) is 27.9 Å². The van der Waals surface area contributed by atoms with Gasteiger partial charge in [-0.05, 0) is 30.3 Å². The lowest BCUT2D eigenvalue weighted by atomic mass is 10.1. The Kier molecular flexibility index (Phi) is 6.99. The molecule has 0 fully saturated rings. The molecule has 0 bridgehead atoms. The van der Waals surface area contributed by atoms with Gasteiger partial charge in [-0.1, -0.05) is 30.0 Å². The number of aliphatic hydroxyl groups excluding tert-OH is 1. The summed E-state index contributed by atoms with van der Waals surface area (Å²) in [6, 6.07) is 13.7. The number of rotatable bonds is 9. The summed E-state index contributed by atoms with van der Waals surface area (Å²) in [7, 11) is 5.20. The van der Waals surface area contributed by atoms with Crippen molar-refractivity contribution in [2.24, 2.45) is 14.1 Å². The van der Waals surface area contributed by atoms with Crippen LogP contribution in [0.25, 0.3) is 10.9 Å². The highest BCUT2D eigenvalue weighted by molar-refractivity contribution is 7.99. The van der Waals surface area contributed by atoms with Crippen LogP contribution in [0.4, 0.5) is 0 Å². The molecule has 4 rings (SSSR count). The minimum atomic E-state index is -0.754. The normalized spacial score (nSPS) is 12.0. The number of amides is 1. The van der Waals surface area contributed by atoms with Gasteiger partial charge < -0.3 is 24.3 Å². The lowest BCUT2D eigenvalue weighted by Crippen LogP contribution is -2.32. The number of thioether (sulfide) groups is 1. The van der Waals surface area contributed by atoms with Crippen LogP contribution in [0.3, 0.4) is 0 Å². The van der Waals surface area contributed by atoms with Crippen LogP contribution in [0, 0.1) is 0 Å². The number of nitrogens with zero attached hydrogens (tertiary/aromatic N) is 4. The van der Waals surface area contributed by atoms with E-state index in [0.717, 1.165) is 10.9 Å². The van der Waals surface area contributed by atoms with Gasteiger partial charge in [0.1, 0.15) is 11.8 Å². The zero-order chi connectivity index (χ0) is 24.2. The molecule has 0 spiro atoms. The summed E-state index contributed by atoms with van der Waals surface area (Å²) >= 11 is 1.26. The molecule has 0 aliphatic rings. The third-order valence-electron chi connectivity index (χ3n) is 5.55. The van der Waals surface area contributed by atoms with Crippen LogP contribution >= 0.6 is 11.8 Å². The summed E-state index contributed by atoms with van der Waals surface area (Å²) in [5.74, 6) is 0.845. The van der Waals surface area contributed by atoms with E-state index in [1.165, 1.54) is 11.8 Å². The Morgan fingerprint density at radius 1 is 1.12 bits per heavy atom. The number of Topliss-reactive ketones (excluding diaryl/α,β-unsaturated/α-hetero) is 1. The number of aromatic nitrogens is 4. The van der Waals surface area contributed by atoms with E-state index in [1.54, 1.807) is 43.0 Å². The molecule has 34 heavy (non-hydrogen) atoms. The standard InChI is InChI=1S/C24H25N5O4S/c1-28-12-18(17-6-4-5-7-20(17)28)21(31)14-34-24-27-26-22(29(24)2)19(13-30)25-23(32)15-8-10-16(33-3)11-9-15/h4-12,19,30H,13-14H2,1-3H3,(H,25,32). The number of nitrogens with one attached hydrogen (secondary N) is 1. The average molecular weight is 480 g/mol. The van der Waals surface area contributed by atoms with Crippen molar-refractivity contribution in [3.05, 3.63) is 71.7 Å². The Balaban J connectivity index is 1.44. The molecule has 0 saturated heterocycles. The van der Waals surface area contributed by atoms with Crippen molar-refractivity contribution in [2.45, 2.75) is 11.2 Å². The monoisotopic (exact) mass is 479 g/mol. The Bertz CT molecular complexity index is 1330. The fourth-order valence-electron chi connectivity index (χ4n) is 3.70. The van der Waals surface area contributed by atoms with Gasteiger partial charge in [0.2, 0.25) is 0 Å². The number of hydrogen-bond donors (Lipinski definition) is 2. The van der Waals surface area contributed by atoms with E-state index in [4.69, 9.17) is 4.74 Å². The predicted molar refractivity (Wildman–Crippen MR) is 129 cm³/mol. The Morgan fingerprint density at radius 2 is 1.85 bits per heavy atom. The molecule has 2 heterocycles. The van der Waals surface area contributed by atoms with Crippen LogP contribution in [0.2, 0.25) is 0 Å². The second kappa shape index (κ2) is 10.1. The summed E-state index contributed by atoms with van der Waals surface area (Å²) in [6.07, 6.45) is 1.84. The average Bonchev–Trinajstić information content (AvgIpc) is 3.40. The van der Waals surface area contributed by atoms with Gasteiger partial charge in [0.25, 0.3) is 5.91 Å². The van der Waals surface area contributed by atoms with Crippen LogP contribution in [-0.2, 0) is 14.1 Å². The van der Waals surface area contributed by atoms with Crippen LogP contribution in [0.15, 0.2) is 59.9 Å². The summed E-state index contributed by atoms with van der Waals surface area (Å²) in [4.78, 5) is 25.5. The molecule has 2 N–H and O–H groups in total. The van der Waals surface area contributed by atoms with E-state index in [1.807, 2.05) is 42.1 Å². The molecule has 0 radical (unpaired) electrons. The first kappa shape index (κ1) is 23.5. The fraction of sp³-hybridized carbons (Fsp3) is 0.250. The number of carbonyl (C=O) groups is 2. The van der Waals surface area contributed by atoms with Crippen molar-refractivity contribution in [3.8, 4) is 5.75 Å². The molecule has 2 aromatic heterocycles. The number of methoxy groups -OCH3 is 1. The van der Waals surface area contributed by atoms with Gasteiger partial charge in [0.15, 0.2) is 16.8 Å². The fourth-order valence-corrected chi connectivity index (χ4v) is 4.50. The maximum atomic E-state index is 12.9. The first-order valence-electron chi connectivity index (χ1n) is 10.6. The molecule has 10 heteroatoms. The Labute approximate surface area is 200 Å². The highest BCUT2D eigenvalue weighted by atomic mass is 32.2. The van der Waals surface area contributed by atoms with E-state index in [2.05, 4.69) is 15.5 Å². The molecule has 1 atom stereocenters. The number of para-hydroxylation sites is 1. The van der Waals surface area contributed by atoms with Crippen LogP contribution in [0.1, 0.15) is 32.6 Å². The van der Waals surface area contributed by atoms with Crippen molar-refractivity contribution in [2.75, 3.05) is 19.5 Å². The number of fused-ring (bicyclic) bond motifs is 1. The zero-order valence-corrected chi connectivity index (χ0v) is 19.9. The number of ketones is 1. The molecule has 0 saturated carbocycles. The van der Waals surface area contributed by atoms with Gasteiger partial charge in [-0.3, -0.25) is 9.59 Å². The second-order valence-electron chi connectivity index (χ2n) is 7.72. The predicted octanol–water partition coefficient (Wildman–Crippen LogP) is 2.75. The maximum absolute atomic E-state index is 12.9. The molecule has 0 aliphatic carbocycles. The van der Waals surface area contributed by atoms with Gasteiger partial charge in [-0.25, -0.2) is 0 Å². The third kappa shape index (κ3) is 4.68. The molecule has 4 aromatic rings. The summed E-state index contributed by atoms with van der Waals surface area (Å²) in [5.41, 5.74) is 2.08. The Morgan fingerprint density at radius 3 is 2.56 bits per heavy atom. The largest absolute Gasteiger partial charge is 0.497 e. The van der Waals surface area contributed by atoms with E-state index < -0.39 is 6.04 Å². The van der Waals surface area contributed by atoms with Crippen molar-refractivity contribution in [1.82, 2.24) is 24.6 Å². The number of aryl methyl sites for hydroxylation is 1. The summed E-state index contributed by atoms with van der Waals surface area (Å²) in [6.45, 7) is -0.354. The van der Waals surface area contributed by atoms with E-state index >= 15 is 0 Å². The molecule has 1 unspecified atom stereocenters. The molecular formula is C24H25N5O4S. The quantitative estimate of drug-likeness (QED) is 0.280. The van der Waals surface area contributed by atoms with Gasteiger partial charge >= 0.3 is 0 Å². The molecule has 9 nitrogen and oxygen atoms in total. The van der Waals surface area contributed by atoms with Crippen LogP contribution < -0.4 is 10.1 Å². The first-order valence-corrected chi connectivity index (χ1v) is 11.6. The topological polar surface area (TPSA) is 111 Å². The SMILES string of the molecule is COc1ccc(C(=O)NC(CO)c2nnc(SCC(=O)c3cn(C)c4ccccc34)n2C)cc1. The van der Waals surface area contributed by atoms with Crippen molar-refractivity contribution in [3.63, 3.8) is 0 Å². The van der Waals surface area contributed by atoms with Gasteiger partial charge in [0.05, 0.1) is 19.5 Å². The highest BCUT2D eigenvalue weighted by Crippen LogP contribution is 2.25. The molecule has 0 aliphatic heterocycles. The van der Waals surface area contributed by atoms with Crippen LogP contribution in [0.5, 0.6) is 5.75 Å². The van der Waals surface area contributed by atoms with Gasteiger partial charge in [-0.15, -0.1) is 10.2 Å². The zero-order valence-electron chi connectivity index (χ0n) is 19.1. The molecule has 2 aromatic carbocycles. The number of ether oxygens (including phenoxy) is 1. The Hall–Kier alpha value is -3.63. The smallest absolute Gasteiger partial charge is 0.251 e. The van der Waals surface area contributed by atoms with Crippen LogP contribution in [-0.4, -0.2) is 55.6 Å². The van der Waals surface area contributed by atoms with E-state index in [9.17, 15) is 14.7 Å². The molecule has 176 valence electrons. The maximum Gasteiger partial charge on any atom is 0.251 e.